The van der Waals surface area contributed by atoms with Crippen LogP contribution in [0.15, 0.2) is 60.7 Å². The normalized spacial score (nSPS) is 10.9. The van der Waals surface area contributed by atoms with E-state index in [-0.39, 0.29) is 0 Å². The van der Waals surface area contributed by atoms with E-state index in [1.807, 2.05) is 60.7 Å². The molecule has 0 N–H and O–H groups in total. The summed E-state index contributed by atoms with van der Waals surface area (Å²) in [4.78, 5) is 0. The SMILES string of the molecule is N#CCCCP(=O)(c1ccccc1)c1ccccc1. The molecule has 2 aromatic carbocycles. The minimum Gasteiger partial charge on any atom is -0.314 e. The maximum Gasteiger partial charge on any atom is 0.143 e. The van der Waals surface area contributed by atoms with Crippen LogP contribution in [-0.4, -0.2) is 6.16 Å². The van der Waals surface area contributed by atoms with E-state index in [0.717, 1.165) is 10.6 Å². The molecule has 2 aromatic rings. The van der Waals surface area contributed by atoms with Crippen molar-refractivity contribution < 1.29 is 4.57 Å². The first kappa shape index (κ1) is 13.6. The molecule has 0 fully saturated rings. The van der Waals surface area contributed by atoms with Crippen molar-refractivity contribution in [3.05, 3.63) is 60.7 Å². The van der Waals surface area contributed by atoms with E-state index in [1.165, 1.54) is 0 Å². The monoisotopic (exact) mass is 269 g/mol. The van der Waals surface area contributed by atoms with Gasteiger partial charge in [-0.25, -0.2) is 0 Å². The minimum atomic E-state index is -2.60. The summed E-state index contributed by atoms with van der Waals surface area (Å²) in [5, 5.41) is 10.4. The van der Waals surface area contributed by atoms with E-state index in [1.54, 1.807) is 0 Å². The van der Waals surface area contributed by atoms with Gasteiger partial charge in [-0.1, -0.05) is 60.7 Å². The third kappa shape index (κ3) is 3.13. The second kappa shape index (κ2) is 6.36. The van der Waals surface area contributed by atoms with Gasteiger partial charge in [0.2, 0.25) is 0 Å². The van der Waals surface area contributed by atoms with Gasteiger partial charge in [-0.3, -0.25) is 0 Å². The molecule has 0 saturated heterocycles. The zero-order valence-corrected chi connectivity index (χ0v) is 11.6. The molecular weight excluding hydrogens is 253 g/mol. The maximum atomic E-state index is 13.4. The van der Waals surface area contributed by atoms with Crippen molar-refractivity contribution in [2.24, 2.45) is 0 Å². The molecule has 0 amide bonds. The summed E-state index contributed by atoms with van der Waals surface area (Å²) in [5.74, 6) is 0. The predicted molar refractivity (Wildman–Crippen MR) is 79.5 cm³/mol. The van der Waals surface area contributed by atoms with Crippen LogP contribution >= 0.6 is 7.14 Å². The van der Waals surface area contributed by atoms with Crippen LogP contribution in [0.3, 0.4) is 0 Å². The fourth-order valence-electron chi connectivity index (χ4n) is 2.13. The number of hydrogen-bond acceptors (Lipinski definition) is 2. The highest BCUT2D eigenvalue weighted by molar-refractivity contribution is 7.78. The van der Waals surface area contributed by atoms with Gasteiger partial charge in [0.15, 0.2) is 0 Å². The first-order valence-electron chi connectivity index (χ1n) is 6.34. The zero-order chi connectivity index (χ0) is 13.6. The Kier molecular flexibility index (Phi) is 4.55. The third-order valence-corrected chi connectivity index (χ3v) is 6.32. The van der Waals surface area contributed by atoms with Gasteiger partial charge in [-0.15, -0.1) is 0 Å². The van der Waals surface area contributed by atoms with Gasteiger partial charge in [-0.05, 0) is 6.42 Å². The smallest absolute Gasteiger partial charge is 0.143 e. The summed E-state index contributed by atoms with van der Waals surface area (Å²) in [6.07, 6.45) is 1.66. The number of nitriles is 1. The van der Waals surface area contributed by atoms with Gasteiger partial charge in [0.05, 0.1) is 6.07 Å². The molecule has 3 heteroatoms. The molecule has 0 aliphatic heterocycles. The molecule has 0 spiro atoms. The van der Waals surface area contributed by atoms with Gasteiger partial charge in [0.25, 0.3) is 0 Å². The van der Waals surface area contributed by atoms with E-state index < -0.39 is 7.14 Å². The Hall–Kier alpha value is -1.84. The van der Waals surface area contributed by atoms with Crippen LogP contribution < -0.4 is 10.6 Å². The average molecular weight is 269 g/mol. The predicted octanol–water partition coefficient (Wildman–Crippen LogP) is 3.30. The summed E-state index contributed by atoms with van der Waals surface area (Å²) in [6, 6.07) is 21.3. The van der Waals surface area contributed by atoms with Crippen molar-refractivity contribution in [3.8, 4) is 6.07 Å². The summed E-state index contributed by atoms with van der Waals surface area (Å²) in [6.45, 7) is 0. The Morgan fingerprint density at radius 1 is 0.895 bits per heavy atom. The molecule has 0 saturated carbocycles. The number of benzene rings is 2. The quantitative estimate of drug-likeness (QED) is 0.617. The van der Waals surface area contributed by atoms with Gasteiger partial charge in [0, 0.05) is 23.2 Å². The molecule has 2 rings (SSSR count). The van der Waals surface area contributed by atoms with Gasteiger partial charge in [-0.2, -0.15) is 5.26 Å². The Labute approximate surface area is 114 Å². The second-order valence-electron chi connectivity index (χ2n) is 4.40. The average Bonchev–Trinajstić information content (AvgIpc) is 2.49. The number of hydrogen-bond donors (Lipinski definition) is 0. The molecule has 0 radical (unpaired) electrons. The van der Waals surface area contributed by atoms with Crippen molar-refractivity contribution in [1.82, 2.24) is 0 Å². The lowest BCUT2D eigenvalue weighted by molar-refractivity contribution is 0.585. The highest BCUT2D eigenvalue weighted by atomic mass is 31.2. The maximum absolute atomic E-state index is 13.4. The molecule has 96 valence electrons. The molecule has 19 heavy (non-hydrogen) atoms. The lowest BCUT2D eigenvalue weighted by atomic mass is 10.4. The van der Waals surface area contributed by atoms with Crippen molar-refractivity contribution in [2.75, 3.05) is 6.16 Å². The van der Waals surface area contributed by atoms with E-state index in [0.29, 0.717) is 19.0 Å². The summed E-state index contributed by atoms with van der Waals surface area (Å²) in [7, 11) is -2.60. The molecule has 0 aliphatic carbocycles. The molecule has 0 atom stereocenters. The van der Waals surface area contributed by atoms with E-state index in [2.05, 4.69) is 6.07 Å². The van der Waals surface area contributed by atoms with E-state index in [4.69, 9.17) is 5.26 Å². The third-order valence-electron chi connectivity index (χ3n) is 3.11. The van der Waals surface area contributed by atoms with Gasteiger partial charge >= 0.3 is 0 Å². The molecule has 0 aromatic heterocycles. The van der Waals surface area contributed by atoms with Crippen LogP contribution in [0.25, 0.3) is 0 Å². The molecule has 2 nitrogen and oxygen atoms in total. The molecule has 0 heterocycles. The van der Waals surface area contributed by atoms with Crippen LogP contribution in [0.1, 0.15) is 12.8 Å². The summed E-state index contributed by atoms with van der Waals surface area (Å²) < 4.78 is 13.4. The highest BCUT2D eigenvalue weighted by Gasteiger charge is 2.26. The number of nitrogens with zero attached hydrogens (tertiary/aromatic N) is 1. The minimum absolute atomic E-state index is 0.448. The summed E-state index contributed by atoms with van der Waals surface area (Å²) >= 11 is 0. The Balaban J connectivity index is 2.40. The number of unbranched alkanes of at least 4 members (excludes halogenated alkanes) is 1. The number of rotatable bonds is 5. The van der Waals surface area contributed by atoms with Crippen LogP contribution in [0.4, 0.5) is 0 Å². The topological polar surface area (TPSA) is 40.9 Å². The first-order valence-corrected chi connectivity index (χ1v) is 8.24. The second-order valence-corrected chi connectivity index (χ2v) is 7.36. The highest BCUT2D eigenvalue weighted by Crippen LogP contribution is 2.43. The molecule has 0 aliphatic rings. The summed E-state index contributed by atoms with van der Waals surface area (Å²) in [5.41, 5.74) is 0. The van der Waals surface area contributed by atoms with Crippen LogP contribution in [0.5, 0.6) is 0 Å². The van der Waals surface area contributed by atoms with Gasteiger partial charge in [0.1, 0.15) is 7.14 Å². The Morgan fingerprint density at radius 3 is 1.79 bits per heavy atom. The molecular formula is C16H16NOP. The van der Waals surface area contributed by atoms with Crippen LogP contribution in [-0.2, 0) is 4.57 Å². The molecule has 0 unspecified atom stereocenters. The van der Waals surface area contributed by atoms with Crippen LogP contribution in [0, 0.1) is 11.3 Å². The standard InChI is InChI=1S/C16H16NOP/c17-13-7-8-14-19(18,15-9-3-1-4-10-15)16-11-5-2-6-12-16/h1-6,9-12H,7-8,14H2. The van der Waals surface area contributed by atoms with Gasteiger partial charge < -0.3 is 4.57 Å². The van der Waals surface area contributed by atoms with E-state index in [9.17, 15) is 4.57 Å². The van der Waals surface area contributed by atoms with Crippen molar-refractivity contribution in [3.63, 3.8) is 0 Å². The zero-order valence-electron chi connectivity index (χ0n) is 10.7. The largest absolute Gasteiger partial charge is 0.314 e. The fourth-order valence-corrected chi connectivity index (χ4v) is 4.85. The van der Waals surface area contributed by atoms with E-state index >= 15 is 0 Å². The van der Waals surface area contributed by atoms with Crippen LogP contribution in [0.2, 0.25) is 0 Å². The Morgan fingerprint density at radius 2 is 1.37 bits per heavy atom. The van der Waals surface area contributed by atoms with Crippen molar-refractivity contribution >= 4 is 17.8 Å². The first-order chi connectivity index (χ1) is 9.27. The Bertz CT molecular complexity index is 558. The van der Waals surface area contributed by atoms with Crippen molar-refractivity contribution in [1.29, 1.82) is 5.26 Å². The lowest BCUT2D eigenvalue weighted by Crippen LogP contribution is -2.18. The lowest BCUT2D eigenvalue weighted by Gasteiger charge is -2.18. The van der Waals surface area contributed by atoms with Crippen molar-refractivity contribution in [2.45, 2.75) is 12.8 Å². The fraction of sp³-hybridized carbons (Fsp3) is 0.188. The molecule has 0 bridgehead atoms.